The van der Waals surface area contributed by atoms with Gasteiger partial charge in [-0.2, -0.15) is 0 Å². The summed E-state index contributed by atoms with van der Waals surface area (Å²) >= 11 is 0. The molecule has 1 saturated heterocycles. The van der Waals surface area contributed by atoms with Crippen molar-refractivity contribution in [2.24, 2.45) is 0 Å². The van der Waals surface area contributed by atoms with E-state index in [9.17, 15) is 19.5 Å². The van der Waals surface area contributed by atoms with Crippen LogP contribution in [0.25, 0.3) is 0 Å². The molecule has 2 aromatic rings. The van der Waals surface area contributed by atoms with Crippen LogP contribution in [-0.2, 0) is 21.6 Å². The fraction of sp³-hybridized carbons (Fsp3) is 0.400. The molecule has 2 aliphatic rings. The number of nitrogens with zero attached hydrogens (tertiary/aromatic N) is 2. The summed E-state index contributed by atoms with van der Waals surface area (Å²) in [6, 6.07) is 11.7. The van der Waals surface area contributed by atoms with Crippen molar-refractivity contribution in [3.05, 3.63) is 59.2 Å². The van der Waals surface area contributed by atoms with E-state index in [1.807, 2.05) is 6.07 Å². The van der Waals surface area contributed by atoms with Gasteiger partial charge in [-0.1, -0.05) is 37.8 Å². The van der Waals surface area contributed by atoms with Crippen LogP contribution in [0.1, 0.15) is 21.5 Å². The lowest BCUT2D eigenvalue weighted by atomic mass is 9.89. The number of fused-ring (bicyclic) bond motifs is 1. The summed E-state index contributed by atoms with van der Waals surface area (Å²) < 4.78 is 10.9. The standard InChI is InChI=1S/C25H31N3O6Si/c1-33-20-10-5-17-14-27(22(30)21(17)13-20)15-25(18-6-8-19(29)9-7-18)23(31)28(24(32)26-25)16-34-11-12-35(2,3)4/h5-10,13,29H,11-12,14-16H2,1-4H3,(H,26,32)/t25-/m0/s1. The highest BCUT2D eigenvalue weighted by Gasteiger charge is 2.54. The fourth-order valence-electron chi connectivity index (χ4n) is 4.30. The second-order valence-corrected chi connectivity index (χ2v) is 15.8. The van der Waals surface area contributed by atoms with Crippen LogP contribution in [0.3, 0.4) is 0 Å². The molecule has 4 rings (SSSR count). The van der Waals surface area contributed by atoms with Crippen molar-refractivity contribution in [2.45, 2.75) is 37.8 Å². The molecule has 2 heterocycles. The van der Waals surface area contributed by atoms with Crippen LogP contribution < -0.4 is 10.1 Å². The maximum absolute atomic E-state index is 13.7. The first-order valence-corrected chi connectivity index (χ1v) is 15.2. The molecule has 0 saturated carbocycles. The smallest absolute Gasteiger partial charge is 0.327 e. The highest BCUT2D eigenvalue weighted by Crippen LogP contribution is 2.35. The molecule has 1 fully saturated rings. The molecule has 0 bridgehead atoms. The minimum absolute atomic E-state index is 0.0314. The first-order chi connectivity index (χ1) is 16.5. The first kappa shape index (κ1) is 24.7. The van der Waals surface area contributed by atoms with Gasteiger partial charge in [-0.25, -0.2) is 9.69 Å². The summed E-state index contributed by atoms with van der Waals surface area (Å²) in [6.45, 7) is 7.19. The highest BCUT2D eigenvalue weighted by molar-refractivity contribution is 6.76. The Morgan fingerprint density at radius 1 is 1.09 bits per heavy atom. The molecule has 2 aliphatic heterocycles. The minimum Gasteiger partial charge on any atom is -0.508 e. The predicted molar refractivity (Wildman–Crippen MR) is 132 cm³/mol. The van der Waals surface area contributed by atoms with E-state index in [1.54, 1.807) is 29.2 Å². The molecule has 0 aromatic heterocycles. The van der Waals surface area contributed by atoms with E-state index in [0.717, 1.165) is 16.5 Å². The number of nitrogens with one attached hydrogen (secondary N) is 1. The van der Waals surface area contributed by atoms with Crippen LogP contribution in [-0.4, -0.2) is 67.8 Å². The Morgan fingerprint density at radius 2 is 1.80 bits per heavy atom. The fourth-order valence-corrected chi connectivity index (χ4v) is 5.06. The molecule has 0 spiro atoms. The summed E-state index contributed by atoms with van der Waals surface area (Å²) in [5, 5.41) is 12.6. The number of amides is 4. The monoisotopic (exact) mass is 497 g/mol. The number of hydrogen-bond donors (Lipinski definition) is 2. The topological polar surface area (TPSA) is 108 Å². The number of carbonyl (C=O) groups is 3. The lowest BCUT2D eigenvalue weighted by Crippen LogP contribution is -2.53. The van der Waals surface area contributed by atoms with Crippen molar-refractivity contribution in [1.82, 2.24) is 15.1 Å². The van der Waals surface area contributed by atoms with E-state index in [0.29, 0.717) is 30.0 Å². The Kier molecular flexibility index (Phi) is 6.61. The van der Waals surface area contributed by atoms with Gasteiger partial charge in [-0.05, 0) is 41.4 Å². The molecule has 2 aromatic carbocycles. The molecule has 0 radical (unpaired) electrons. The van der Waals surface area contributed by atoms with Crippen LogP contribution in [0.4, 0.5) is 4.79 Å². The number of methoxy groups -OCH3 is 1. The van der Waals surface area contributed by atoms with Crippen LogP contribution >= 0.6 is 0 Å². The molecule has 1 atom stereocenters. The summed E-state index contributed by atoms with van der Waals surface area (Å²) in [6.07, 6.45) is 0. The van der Waals surface area contributed by atoms with Gasteiger partial charge in [0.1, 0.15) is 18.2 Å². The van der Waals surface area contributed by atoms with Crippen molar-refractivity contribution < 1.29 is 29.0 Å². The average Bonchev–Trinajstić information content (AvgIpc) is 3.24. The van der Waals surface area contributed by atoms with Gasteiger partial charge in [0.05, 0.1) is 13.7 Å². The Hall–Kier alpha value is -3.37. The van der Waals surface area contributed by atoms with Crippen molar-refractivity contribution in [1.29, 1.82) is 0 Å². The number of ether oxygens (including phenoxy) is 2. The molecule has 4 amide bonds. The van der Waals surface area contributed by atoms with Gasteiger partial charge in [0.15, 0.2) is 5.54 Å². The molecular formula is C25H31N3O6Si. The number of phenols is 1. The lowest BCUT2D eigenvalue weighted by molar-refractivity contribution is -0.135. The van der Waals surface area contributed by atoms with Crippen LogP contribution in [0, 0.1) is 0 Å². The zero-order valence-corrected chi connectivity index (χ0v) is 21.5. The molecule has 2 N–H and O–H groups in total. The van der Waals surface area contributed by atoms with Crippen molar-refractivity contribution in [3.8, 4) is 11.5 Å². The molecule has 10 heteroatoms. The summed E-state index contributed by atoms with van der Waals surface area (Å²) in [5.74, 6) is -0.144. The normalized spacial score (nSPS) is 19.8. The van der Waals surface area contributed by atoms with Gasteiger partial charge in [0.25, 0.3) is 11.8 Å². The van der Waals surface area contributed by atoms with Gasteiger partial charge < -0.3 is 24.8 Å². The summed E-state index contributed by atoms with van der Waals surface area (Å²) in [4.78, 5) is 42.5. The minimum atomic E-state index is -1.51. The van der Waals surface area contributed by atoms with E-state index >= 15 is 0 Å². The second-order valence-electron chi connectivity index (χ2n) is 10.1. The largest absolute Gasteiger partial charge is 0.508 e. The molecule has 0 aliphatic carbocycles. The molecule has 0 unspecified atom stereocenters. The van der Waals surface area contributed by atoms with Crippen LogP contribution in [0.5, 0.6) is 11.5 Å². The number of rotatable bonds is 9. The van der Waals surface area contributed by atoms with Gasteiger partial charge in [0.2, 0.25) is 0 Å². The molecular weight excluding hydrogens is 466 g/mol. The number of benzene rings is 2. The number of imide groups is 1. The Balaban J connectivity index is 1.60. The Labute approximate surface area is 205 Å². The van der Waals surface area contributed by atoms with Gasteiger partial charge in [-0.15, -0.1) is 0 Å². The molecule has 35 heavy (non-hydrogen) atoms. The van der Waals surface area contributed by atoms with Crippen LogP contribution in [0.15, 0.2) is 42.5 Å². The quantitative estimate of drug-likeness (QED) is 0.313. The third-order valence-electron chi connectivity index (χ3n) is 6.38. The van der Waals surface area contributed by atoms with Crippen molar-refractivity contribution in [2.75, 3.05) is 27.0 Å². The molecule has 186 valence electrons. The first-order valence-electron chi connectivity index (χ1n) is 11.5. The third-order valence-corrected chi connectivity index (χ3v) is 8.08. The average molecular weight is 498 g/mol. The lowest BCUT2D eigenvalue weighted by Gasteiger charge is -2.32. The summed E-state index contributed by atoms with van der Waals surface area (Å²) in [7, 11) is 0.203. The second kappa shape index (κ2) is 9.35. The Bertz CT molecular complexity index is 1150. The van der Waals surface area contributed by atoms with E-state index in [-0.39, 0.29) is 24.9 Å². The zero-order valence-electron chi connectivity index (χ0n) is 20.5. The van der Waals surface area contributed by atoms with Gasteiger partial charge in [0, 0.05) is 26.8 Å². The van der Waals surface area contributed by atoms with E-state index < -0.39 is 25.6 Å². The number of carbonyl (C=O) groups excluding carboxylic acids is 3. The van der Waals surface area contributed by atoms with E-state index in [4.69, 9.17) is 9.47 Å². The van der Waals surface area contributed by atoms with E-state index in [2.05, 4.69) is 25.0 Å². The predicted octanol–water partition coefficient (Wildman–Crippen LogP) is 3.12. The SMILES string of the molecule is COc1ccc2c(c1)C(=O)N(C[C@@]1(c3ccc(O)cc3)NC(=O)N(COCC[Si](C)(C)C)C1=O)C2. The number of phenolic OH excluding ortho intramolecular Hbond substituents is 1. The Morgan fingerprint density at radius 3 is 2.46 bits per heavy atom. The maximum atomic E-state index is 13.7. The highest BCUT2D eigenvalue weighted by atomic mass is 28.3. The zero-order chi connectivity index (χ0) is 25.4. The van der Waals surface area contributed by atoms with Crippen molar-refractivity contribution >= 4 is 25.9 Å². The third kappa shape index (κ3) is 4.89. The van der Waals surface area contributed by atoms with Gasteiger partial charge >= 0.3 is 6.03 Å². The maximum Gasteiger partial charge on any atom is 0.327 e. The number of aromatic hydroxyl groups is 1. The van der Waals surface area contributed by atoms with Crippen LogP contribution in [0.2, 0.25) is 25.7 Å². The molecule has 9 nitrogen and oxygen atoms in total. The van der Waals surface area contributed by atoms with E-state index in [1.165, 1.54) is 19.2 Å². The number of hydrogen-bond acceptors (Lipinski definition) is 6. The van der Waals surface area contributed by atoms with Gasteiger partial charge in [-0.3, -0.25) is 9.59 Å². The summed E-state index contributed by atoms with van der Waals surface area (Å²) in [5.41, 5.74) is 0.294. The van der Waals surface area contributed by atoms with Crippen molar-refractivity contribution in [3.63, 3.8) is 0 Å². The number of urea groups is 1.